The molecule has 0 radical (unpaired) electrons. The summed E-state index contributed by atoms with van der Waals surface area (Å²) in [4.78, 5) is 24.7. The molecule has 3 aromatic rings. The van der Waals surface area contributed by atoms with Crippen molar-refractivity contribution in [1.29, 1.82) is 0 Å². The third-order valence-electron chi connectivity index (χ3n) is 5.05. The molecule has 9 heteroatoms. The molecule has 0 amide bonds. The van der Waals surface area contributed by atoms with E-state index in [-0.39, 0.29) is 23.7 Å². The zero-order valence-electron chi connectivity index (χ0n) is 17.7. The summed E-state index contributed by atoms with van der Waals surface area (Å²) in [5, 5.41) is 5.69. The molecule has 0 saturated heterocycles. The Morgan fingerprint density at radius 1 is 1.03 bits per heavy atom. The zero-order chi connectivity index (χ0) is 23.5. The minimum absolute atomic E-state index is 0.00521. The number of halogens is 1. The van der Waals surface area contributed by atoms with Crippen molar-refractivity contribution < 1.29 is 22.7 Å². The van der Waals surface area contributed by atoms with Gasteiger partial charge in [-0.15, -0.1) is 0 Å². The summed E-state index contributed by atoms with van der Waals surface area (Å²) in [5.41, 5.74) is 3.76. The first-order valence-corrected chi connectivity index (χ1v) is 11.7. The van der Waals surface area contributed by atoms with E-state index < -0.39 is 16.0 Å². The molecule has 0 aliphatic rings. The first-order chi connectivity index (χ1) is 15.1. The summed E-state index contributed by atoms with van der Waals surface area (Å²) in [5.74, 6) is -0.801. The highest BCUT2D eigenvalue weighted by molar-refractivity contribution is 7.89. The average Bonchev–Trinajstić information content (AvgIpc) is 3.05. The van der Waals surface area contributed by atoms with Gasteiger partial charge in [-0.3, -0.25) is 9.59 Å². The van der Waals surface area contributed by atoms with E-state index in [4.69, 9.17) is 21.5 Å². The van der Waals surface area contributed by atoms with Crippen LogP contribution in [0.15, 0.2) is 59.5 Å². The maximum Gasteiger partial charge on any atom is 0.306 e. The Labute approximate surface area is 191 Å². The number of hydrogen-bond acceptors (Lipinski definition) is 5. The number of Topliss-reactive ketones (excluding diaryl/α,β-unsaturated/α-hetero) is 1. The number of rotatable bonds is 8. The predicted molar refractivity (Wildman–Crippen MR) is 122 cm³/mol. The van der Waals surface area contributed by atoms with Gasteiger partial charge in [0.1, 0.15) is 0 Å². The molecule has 168 valence electrons. The fourth-order valence-corrected chi connectivity index (χ4v) is 4.06. The van der Waals surface area contributed by atoms with Crippen molar-refractivity contribution in [3.05, 3.63) is 82.1 Å². The molecular formula is C23H23ClN2O5S. The summed E-state index contributed by atoms with van der Waals surface area (Å²) < 4.78 is 29.7. The minimum atomic E-state index is -3.76. The second kappa shape index (κ2) is 9.68. The highest BCUT2D eigenvalue weighted by Crippen LogP contribution is 2.22. The van der Waals surface area contributed by atoms with Crippen LogP contribution >= 0.6 is 11.6 Å². The fourth-order valence-electron chi connectivity index (χ4n) is 3.42. The van der Waals surface area contributed by atoms with Gasteiger partial charge in [-0.1, -0.05) is 23.7 Å². The lowest BCUT2D eigenvalue weighted by atomic mass is 10.1. The Hall–Kier alpha value is -2.94. The van der Waals surface area contributed by atoms with E-state index in [9.17, 15) is 18.0 Å². The molecule has 0 spiro atoms. The Kier molecular flexibility index (Phi) is 7.18. The van der Waals surface area contributed by atoms with E-state index in [0.717, 1.165) is 22.6 Å². The standard InChI is InChI=1S/C23H23ClN2O5S/c1-15-13-21(16(2)26(15)19-8-6-18(24)7-9-19)22(27)14-31-23(28)12-5-17-3-10-20(11-4-17)32(25,29)30/h3-4,6-11,13H,5,12,14H2,1-2H3,(H2,25,29,30). The van der Waals surface area contributed by atoms with Crippen LogP contribution in [0.3, 0.4) is 0 Å². The van der Waals surface area contributed by atoms with Crippen LogP contribution in [0.5, 0.6) is 0 Å². The van der Waals surface area contributed by atoms with E-state index in [0.29, 0.717) is 17.0 Å². The monoisotopic (exact) mass is 474 g/mol. The number of carbonyl (C=O) groups is 2. The van der Waals surface area contributed by atoms with E-state index in [1.54, 1.807) is 30.3 Å². The van der Waals surface area contributed by atoms with Crippen molar-refractivity contribution >= 4 is 33.4 Å². The third kappa shape index (κ3) is 5.64. The zero-order valence-corrected chi connectivity index (χ0v) is 19.2. The number of benzene rings is 2. The van der Waals surface area contributed by atoms with Crippen molar-refractivity contribution in [2.24, 2.45) is 5.14 Å². The number of ketones is 1. The number of aromatic nitrogens is 1. The second-order valence-electron chi connectivity index (χ2n) is 7.37. The van der Waals surface area contributed by atoms with Gasteiger partial charge in [0.25, 0.3) is 0 Å². The Balaban J connectivity index is 1.58. The number of nitrogens with zero attached hydrogens (tertiary/aromatic N) is 1. The van der Waals surface area contributed by atoms with E-state index in [1.807, 2.05) is 30.5 Å². The van der Waals surface area contributed by atoms with Crippen molar-refractivity contribution in [3.63, 3.8) is 0 Å². The van der Waals surface area contributed by atoms with Crippen LogP contribution in [0.4, 0.5) is 0 Å². The van der Waals surface area contributed by atoms with Gasteiger partial charge in [0, 0.05) is 34.1 Å². The number of aryl methyl sites for hydroxylation is 2. The van der Waals surface area contributed by atoms with Crippen molar-refractivity contribution in [2.45, 2.75) is 31.6 Å². The molecule has 2 N–H and O–H groups in total. The summed E-state index contributed by atoms with van der Waals surface area (Å²) in [6, 6.07) is 15.0. The minimum Gasteiger partial charge on any atom is -0.457 e. The number of sulfonamides is 1. The number of ether oxygens (including phenoxy) is 1. The van der Waals surface area contributed by atoms with Gasteiger partial charge in [-0.25, -0.2) is 13.6 Å². The average molecular weight is 475 g/mol. The van der Waals surface area contributed by atoms with Crippen LogP contribution in [0, 0.1) is 13.8 Å². The Morgan fingerprint density at radius 3 is 2.25 bits per heavy atom. The normalized spacial score (nSPS) is 11.4. The molecule has 3 rings (SSSR count). The van der Waals surface area contributed by atoms with Crippen molar-refractivity contribution in [2.75, 3.05) is 6.61 Å². The SMILES string of the molecule is Cc1cc(C(=O)COC(=O)CCc2ccc(S(N)(=O)=O)cc2)c(C)n1-c1ccc(Cl)cc1. The molecule has 32 heavy (non-hydrogen) atoms. The van der Waals surface area contributed by atoms with Gasteiger partial charge in [0.05, 0.1) is 4.90 Å². The van der Waals surface area contributed by atoms with Gasteiger partial charge in [0.2, 0.25) is 15.8 Å². The summed E-state index contributed by atoms with van der Waals surface area (Å²) in [6.07, 6.45) is 0.412. The highest BCUT2D eigenvalue weighted by Gasteiger charge is 2.18. The van der Waals surface area contributed by atoms with E-state index in [2.05, 4.69) is 0 Å². The molecule has 0 bridgehead atoms. The predicted octanol–water partition coefficient (Wildman–Crippen LogP) is 3.75. The van der Waals surface area contributed by atoms with Crippen molar-refractivity contribution in [1.82, 2.24) is 4.57 Å². The van der Waals surface area contributed by atoms with Crippen LogP contribution in [0.25, 0.3) is 5.69 Å². The molecular weight excluding hydrogens is 452 g/mol. The molecule has 1 aromatic heterocycles. The lowest BCUT2D eigenvalue weighted by molar-refractivity contribution is -0.142. The van der Waals surface area contributed by atoms with Crippen LogP contribution in [-0.4, -0.2) is 31.3 Å². The summed E-state index contributed by atoms with van der Waals surface area (Å²) >= 11 is 5.95. The third-order valence-corrected chi connectivity index (χ3v) is 6.23. The van der Waals surface area contributed by atoms with Crippen LogP contribution in [0.1, 0.15) is 33.7 Å². The quantitative estimate of drug-likeness (QED) is 0.395. The van der Waals surface area contributed by atoms with Crippen molar-refractivity contribution in [3.8, 4) is 5.69 Å². The molecule has 0 aliphatic carbocycles. The first-order valence-electron chi connectivity index (χ1n) is 9.81. The highest BCUT2D eigenvalue weighted by atomic mass is 35.5. The van der Waals surface area contributed by atoms with E-state index in [1.165, 1.54) is 12.1 Å². The van der Waals surface area contributed by atoms with Crippen LogP contribution in [-0.2, 0) is 26.0 Å². The number of esters is 1. The number of carbonyl (C=O) groups excluding carboxylic acids is 2. The number of primary sulfonamides is 1. The van der Waals surface area contributed by atoms with E-state index >= 15 is 0 Å². The molecule has 1 heterocycles. The number of nitrogens with two attached hydrogens (primary N) is 1. The van der Waals surface area contributed by atoms with Gasteiger partial charge in [-0.2, -0.15) is 0 Å². The van der Waals surface area contributed by atoms with Crippen LogP contribution < -0.4 is 5.14 Å². The molecule has 0 unspecified atom stereocenters. The fraction of sp³-hybridized carbons (Fsp3) is 0.217. The molecule has 0 atom stereocenters. The molecule has 0 saturated carbocycles. The smallest absolute Gasteiger partial charge is 0.306 e. The largest absolute Gasteiger partial charge is 0.457 e. The lowest BCUT2D eigenvalue weighted by Gasteiger charge is -2.10. The Morgan fingerprint density at radius 2 is 1.66 bits per heavy atom. The number of hydrogen-bond donors (Lipinski definition) is 1. The first kappa shape index (κ1) is 23.7. The molecule has 0 fully saturated rings. The van der Waals surface area contributed by atoms with Gasteiger partial charge in [0.15, 0.2) is 6.61 Å². The summed E-state index contributed by atoms with van der Waals surface area (Å²) in [7, 11) is -3.76. The second-order valence-corrected chi connectivity index (χ2v) is 9.37. The van der Waals surface area contributed by atoms with Gasteiger partial charge >= 0.3 is 5.97 Å². The van der Waals surface area contributed by atoms with Gasteiger partial charge in [-0.05, 0) is 68.3 Å². The van der Waals surface area contributed by atoms with Gasteiger partial charge < -0.3 is 9.30 Å². The van der Waals surface area contributed by atoms with Crippen LogP contribution in [0.2, 0.25) is 5.02 Å². The molecule has 7 nitrogen and oxygen atoms in total. The molecule has 0 aliphatic heterocycles. The summed E-state index contributed by atoms with van der Waals surface area (Å²) in [6.45, 7) is 3.38. The topological polar surface area (TPSA) is 108 Å². The Bertz CT molecular complexity index is 1250. The maximum atomic E-state index is 12.6. The lowest BCUT2D eigenvalue weighted by Crippen LogP contribution is -2.15. The maximum absolute atomic E-state index is 12.6. The molecule has 2 aromatic carbocycles.